The highest BCUT2D eigenvalue weighted by Gasteiger charge is 2.42. The van der Waals surface area contributed by atoms with E-state index in [-0.39, 0.29) is 21.7 Å². The third-order valence-electron chi connectivity index (χ3n) is 30.6. The Morgan fingerprint density at radius 1 is 0.164 bits per heavy atom. The quantitative estimate of drug-likeness (QED) is 0.144. The van der Waals surface area contributed by atoms with Crippen molar-refractivity contribution in [1.29, 1.82) is 0 Å². The third kappa shape index (κ3) is 14.0. The number of nitrogens with zero attached hydrogens (tertiary/aromatic N) is 4. The van der Waals surface area contributed by atoms with Crippen LogP contribution in [0, 0.1) is 0 Å². The van der Waals surface area contributed by atoms with Crippen molar-refractivity contribution in [3.05, 3.63) is 499 Å². The first-order valence-electron chi connectivity index (χ1n) is 48.3. The molecule has 0 spiro atoms. The van der Waals surface area contributed by atoms with E-state index >= 15 is 0 Å². The standard InChI is InChI=1S/4C33H24BrN/c1-33(2)27-13-5-3-12-26(27)32-28(33)14-8-16-30(32)35-29-15-6-4-11-24(29)25-18-17-22(20-31(25)35)21-9-7-10-23(34)19-21;1-33(2)28-14-5-3-11-24(28)27-13-8-16-30(32(27)33)35-29-15-6-4-12-25(29)26-18-17-22(20-31(26)35)21-9-7-10-23(34)19-21;1-33(2)29-12-5-3-10-25(29)26-17-15-24(20-30(26)33)35-31-13-6-4-11-27(31)28-16-14-22(19-32(28)35)21-8-7-9-23(34)18-21;1-33(2)29-12-5-3-10-25(29)28-20-24(15-17-30(28)33)35-31-13-6-4-11-26(31)27-16-14-22(19-32(27)35)21-8-7-9-23(34)18-21/h4*3-20H,1-2H3. The number of rotatable bonds is 8. The molecule has 0 N–H and O–H groups in total. The lowest BCUT2D eigenvalue weighted by Crippen LogP contribution is -2.18. The second kappa shape index (κ2) is 33.7. The molecule has 20 aromatic carbocycles. The van der Waals surface area contributed by atoms with Crippen molar-refractivity contribution in [3.8, 4) is 112 Å². The second-order valence-electron chi connectivity index (χ2n) is 39.9. The Morgan fingerprint density at radius 2 is 0.443 bits per heavy atom. The molecule has 0 amide bonds. The van der Waals surface area contributed by atoms with Crippen LogP contribution in [0.3, 0.4) is 0 Å². The predicted octanol–water partition coefficient (Wildman–Crippen LogP) is 38.1. The lowest BCUT2D eigenvalue weighted by Gasteiger charge is -2.25. The molecule has 28 rings (SSSR count). The van der Waals surface area contributed by atoms with E-state index in [2.05, 4.69) is 574 Å². The van der Waals surface area contributed by atoms with Crippen LogP contribution in [0.2, 0.25) is 0 Å². The van der Waals surface area contributed by atoms with Crippen LogP contribution in [0.5, 0.6) is 0 Å². The van der Waals surface area contributed by atoms with Gasteiger partial charge in [-0.2, -0.15) is 0 Å². The van der Waals surface area contributed by atoms with Crippen LogP contribution in [-0.4, -0.2) is 18.3 Å². The summed E-state index contributed by atoms with van der Waals surface area (Å²) in [6.07, 6.45) is 0. The van der Waals surface area contributed by atoms with Crippen LogP contribution in [0.1, 0.15) is 99.9 Å². The fourth-order valence-corrected chi connectivity index (χ4v) is 25.6. The van der Waals surface area contributed by atoms with E-state index in [4.69, 9.17) is 0 Å². The van der Waals surface area contributed by atoms with Crippen LogP contribution >= 0.6 is 63.7 Å². The lowest BCUT2D eigenvalue weighted by atomic mass is 9.81. The van der Waals surface area contributed by atoms with Gasteiger partial charge in [0.1, 0.15) is 0 Å². The summed E-state index contributed by atoms with van der Waals surface area (Å²) in [7, 11) is 0. The Hall–Kier alpha value is -14.5. The molecule has 4 aliphatic rings. The fraction of sp³-hybridized carbons (Fsp3) is 0.0909. The van der Waals surface area contributed by atoms with Crippen molar-refractivity contribution in [1.82, 2.24) is 18.3 Å². The molecule has 0 atom stereocenters. The zero-order valence-corrected chi connectivity index (χ0v) is 85.2. The molecule has 0 aliphatic heterocycles. The summed E-state index contributed by atoms with van der Waals surface area (Å²) in [6, 6.07) is 160. The molecule has 4 aromatic heterocycles. The summed E-state index contributed by atoms with van der Waals surface area (Å²) >= 11 is 14.6. The number of aromatic nitrogens is 4. The van der Waals surface area contributed by atoms with E-state index in [1.165, 1.54) is 243 Å². The molecule has 8 heteroatoms. The normalized spacial score (nSPS) is 13.8. The van der Waals surface area contributed by atoms with Gasteiger partial charge in [0.2, 0.25) is 0 Å². The number of para-hydroxylation sites is 4. The van der Waals surface area contributed by atoms with Crippen LogP contribution in [0.4, 0.5) is 0 Å². The zero-order valence-electron chi connectivity index (χ0n) is 78.9. The molecule has 0 bridgehead atoms. The average Bonchev–Trinajstić information content (AvgIpc) is 1.55. The molecule has 4 heterocycles. The van der Waals surface area contributed by atoms with E-state index in [1.54, 1.807) is 0 Å². The predicted molar refractivity (Wildman–Crippen MR) is 606 cm³/mol. The average molecular weight is 2060 g/mol. The maximum Gasteiger partial charge on any atom is 0.0547 e. The van der Waals surface area contributed by atoms with E-state index in [0.717, 1.165) is 17.9 Å². The van der Waals surface area contributed by atoms with Gasteiger partial charge in [-0.3, -0.25) is 0 Å². The highest BCUT2D eigenvalue weighted by atomic mass is 79.9. The highest BCUT2D eigenvalue weighted by molar-refractivity contribution is 9.11. The largest absolute Gasteiger partial charge is 0.309 e. The maximum atomic E-state index is 3.64. The van der Waals surface area contributed by atoms with E-state index in [1.807, 2.05) is 0 Å². The van der Waals surface area contributed by atoms with Crippen molar-refractivity contribution in [2.45, 2.75) is 77.0 Å². The fourth-order valence-electron chi connectivity index (χ4n) is 24.0. The van der Waals surface area contributed by atoms with Gasteiger partial charge in [-0.05, 0) is 261 Å². The van der Waals surface area contributed by atoms with Crippen molar-refractivity contribution in [3.63, 3.8) is 0 Å². The van der Waals surface area contributed by atoms with Crippen LogP contribution in [0.25, 0.3) is 199 Å². The van der Waals surface area contributed by atoms with Gasteiger partial charge in [-0.25, -0.2) is 0 Å². The summed E-state index contributed by atoms with van der Waals surface area (Å²) in [5.41, 5.74) is 46.4. The van der Waals surface area contributed by atoms with Crippen molar-refractivity contribution in [2.24, 2.45) is 0 Å². The summed E-state index contributed by atoms with van der Waals surface area (Å²) in [4.78, 5) is 0. The van der Waals surface area contributed by atoms with Crippen molar-refractivity contribution >= 4 is 151 Å². The van der Waals surface area contributed by atoms with Crippen molar-refractivity contribution in [2.75, 3.05) is 0 Å². The van der Waals surface area contributed by atoms with Crippen LogP contribution in [-0.2, 0) is 21.7 Å². The Bertz CT molecular complexity index is 9260. The third-order valence-corrected chi connectivity index (χ3v) is 32.6. The Kier molecular flexibility index (Phi) is 20.9. The first-order chi connectivity index (χ1) is 68.1. The van der Waals surface area contributed by atoms with Gasteiger partial charge in [-0.15, -0.1) is 0 Å². The Morgan fingerprint density at radius 3 is 0.886 bits per heavy atom. The minimum atomic E-state index is -0.0812. The van der Waals surface area contributed by atoms with E-state index in [9.17, 15) is 0 Å². The van der Waals surface area contributed by atoms with Crippen LogP contribution in [0.15, 0.2) is 455 Å². The number of halogens is 4. The molecular weight excluding hydrogens is 1960 g/mol. The van der Waals surface area contributed by atoms with Gasteiger partial charge in [0, 0.05) is 99.6 Å². The van der Waals surface area contributed by atoms with Gasteiger partial charge < -0.3 is 18.3 Å². The molecule has 140 heavy (non-hydrogen) atoms. The first kappa shape index (κ1) is 87.1. The SMILES string of the molecule is CC1(C)c2ccccc2-c2c(-n3c4ccccc4c4ccc(-c5cccc(Br)c5)cc43)cccc21.CC1(C)c2ccccc2-c2cc(-n3c4ccccc4c4ccc(-c5cccc(Br)c5)cc43)ccc21.CC1(C)c2ccccc2-c2ccc(-n3c4ccccc4c4ccc(-c5cccc(Br)c5)cc43)cc21.CC1(C)c2ccccc2-c2cccc(-n3c4ccccc4c4ccc(-c5cccc(Br)c5)cc43)c21. The van der Waals surface area contributed by atoms with Gasteiger partial charge in [0.25, 0.3) is 0 Å². The number of fused-ring (bicyclic) bond motifs is 24. The zero-order chi connectivity index (χ0) is 94.9. The molecule has 672 valence electrons. The molecule has 0 fully saturated rings. The maximum absolute atomic E-state index is 3.64. The Labute approximate surface area is 849 Å². The summed E-state index contributed by atoms with van der Waals surface area (Å²) in [5, 5.41) is 10.3. The monoisotopic (exact) mass is 2050 g/mol. The smallest absolute Gasteiger partial charge is 0.0547 e. The topological polar surface area (TPSA) is 19.7 Å². The van der Waals surface area contributed by atoms with Gasteiger partial charge in [0.15, 0.2) is 0 Å². The molecule has 0 saturated carbocycles. The Balaban J connectivity index is 0.0000000985. The molecule has 24 aromatic rings. The van der Waals surface area contributed by atoms with E-state index in [0.29, 0.717) is 0 Å². The second-order valence-corrected chi connectivity index (χ2v) is 43.6. The molecule has 4 nitrogen and oxygen atoms in total. The molecule has 0 radical (unpaired) electrons. The van der Waals surface area contributed by atoms with E-state index < -0.39 is 0 Å². The summed E-state index contributed by atoms with van der Waals surface area (Å²) in [6.45, 7) is 18.8. The number of hydrogen-bond donors (Lipinski definition) is 0. The first-order valence-corrected chi connectivity index (χ1v) is 51.4. The minimum Gasteiger partial charge on any atom is -0.309 e. The summed E-state index contributed by atoms with van der Waals surface area (Å²) in [5.74, 6) is 0. The lowest BCUT2D eigenvalue weighted by molar-refractivity contribution is 0.656. The van der Waals surface area contributed by atoms with Crippen molar-refractivity contribution < 1.29 is 0 Å². The number of hydrogen-bond acceptors (Lipinski definition) is 0. The van der Waals surface area contributed by atoms with Crippen LogP contribution < -0.4 is 0 Å². The molecular formula is C132H96Br4N4. The number of benzene rings is 20. The molecule has 0 unspecified atom stereocenters. The highest BCUT2D eigenvalue weighted by Crippen LogP contribution is 2.57. The molecule has 0 saturated heterocycles. The van der Waals surface area contributed by atoms with Gasteiger partial charge >= 0.3 is 0 Å². The molecule has 4 aliphatic carbocycles. The van der Waals surface area contributed by atoms with Gasteiger partial charge in [0.05, 0.1) is 55.5 Å². The minimum absolute atomic E-state index is 0.0130. The summed E-state index contributed by atoms with van der Waals surface area (Å²) < 4.78 is 14.2. The van der Waals surface area contributed by atoms with Gasteiger partial charge in [-0.1, -0.05) is 422 Å².